The summed E-state index contributed by atoms with van der Waals surface area (Å²) < 4.78 is 26.9. The molecule has 0 rings (SSSR count). The van der Waals surface area contributed by atoms with Gasteiger partial charge in [0, 0.05) is 0 Å². The van der Waals surface area contributed by atoms with Crippen molar-refractivity contribution in [1.29, 1.82) is 0 Å². The van der Waals surface area contributed by atoms with Gasteiger partial charge in [-0.1, -0.05) is 11.6 Å². The van der Waals surface area contributed by atoms with Gasteiger partial charge in [0.2, 0.25) is 0 Å². The lowest BCUT2D eigenvalue weighted by Crippen LogP contribution is -2.01. The van der Waals surface area contributed by atoms with Crippen LogP contribution in [0, 0.1) is 0 Å². The molecule has 0 bridgehead atoms. The Kier molecular flexibility index (Phi) is 1.48. The van der Waals surface area contributed by atoms with Crippen molar-refractivity contribution in [3.8, 4) is 0 Å². The third-order valence-corrected chi connectivity index (χ3v) is 0.365. The first kappa shape index (κ1) is 2.77. The van der Waals surface area contributed by atoms with Gasteiger partial charge < -0.3 is 9.47 Å². The second-order valence-corrected chi connectivity index (χ2v) is 0.824. The van der Waals surface area contributed by atoms with Crippen molar-refractivity contribution in [2.75, 3.05) is 13.1 Å². The molecule has 0 unspecified atom stereocenters. The first-order valence-corrected chi connectivity index (χ1v) is 1.91. The molecule has 0 saturated heterocycles. The zero-order chi connectivity index (χ0) is 8.20. The molecule has 0 aliphatic carbocycles. The maximum atomic E-state index is 10.2. The minimum absolute atomic E-state index is 0.422. The molecule has 3 nitrogen and oxygen atoms in total. The molecule has 0 amide bonds. The monoisotopic (exact) mass is 127 g/mol. The first-order chi connectivity index (χ1) is 4.45. The molecule has 0 aliphatic heterocycles. The lowest BCUT2D eigenvalue weighted by molar-refractivity contribution is 0.0869. The van der Waals surface area contributed by atoms with Crippen molar-refractivity contribution in [3.63, 3.8) is 0 Å². The van der Waals surface area contributed by atoms with E-state index in [9.17, 15) is 4.79 Å². The number of hydrogen-bond donors (Lipinski definition) is 0. The van der Waals surface area contributed by atoms with Crippen LogP contribution < -0.4 is 0 Å². The van der Waals surface area contributed by atoms with Gasteiger partial charge in [0.15, 0.2) is 6.07 Å². The first-order valence-electron chi connectivity index (χ1n) is 2.87. The van der Waals surface area contributed by atoms with Crippen LogP contribution in [0.2, 0.25) is 0 Å². The third-order valence-electron chi connectivity index (χ3n) is 0.256. The lowest BCUT2D eigenvalue weighted by atomic mass is 11.3. The lowest BCUT2D eigenvalue weighted by Gasteiger charge is -1.93. The van der Waals surface area contributed by atoms with Crippen molar-refractivity contribution in [3.05, 3.63) is 0 Å². The molecule has 0 aromatic carbocycles. The van der Waals surface area contributed by atoms with Gasteiger partial charge in [-0.25, -0.2) is 4.79 Å². The predicted molar refractivity (Wildman–Crippen MR) is 24.2 cm³/mol. The van der Waals surface area contributed by atoms with E-state index in [1.54, 1.807) is 0 Å². The Hall–Kier alpha value is -0.440. The summed E-state index contributed by atoms with van der Waals surface area (Å²) in [6, 6.07) is -0.422. The van der Waals surface area contributed by atoms with Gasteiger partial charge in [-0.3, -0.25) is 0 Å². The molecule has 0 aromatic rings. The SMILES string of the molecule is [2H]C([2H])([2H])OC(=O)OCCl. The van der Waals surface area contributed by atoms with Crippen LogP contribution in [0.4, 0.5) is 4.79 Å². The topological polar surface area (TPSA) is 35.5 Å². The maximum Gasteiger partial charge on any atom is 0.509 e. The minimum Gasteiger partial charge on any atom is -0.438 e. The summed E-state index contributed by atoms with van der Waals surface area (Å²) >= 11 is 4.92. The van der Waals surface area contributed by atoms with Crippen LogP contribution >= 0.6 is 11.6 Å². The molecule has 0 saturated carbocycles. The zero-order valence-corrected chi connectivity index (χ0v) is 4.07. The normalized spacial score (nSPS) is 15.9. The fraction of sp³-hybridized carbons (Fsp3) is 0.667. The Morgan fingerprint density at radius 1 is 2.14 bits per heavy atom. The van der Waals surface area contributed by atoms with Crippen molar-refractivity contribution in [2.24, 2.45) is 0 Å². The van der Waals surface area contributed by atoms with Crippen LogP contribution in [0.1, 0.15) is 4.11 Å². The number of ether oxygens (including phenoxy) is 2. The second-order valence-electron chi connectivity index (χ2n) is 0.606. The van der Waals surface area contributed by atoms with Gasteiger partial charge in [0.25, 0.3) is 0 Å². The standard InChI is InChI=1S/C3H5ClO3/c1-6-3(5)7-2-4/h2H2,1H3/i1D3. The van der Waals surface area contributed by atoms with Crippen LogP contribution in [-0.4, -0.2) is 19.3 Å². The van der Waals surface area contributed by atoms with Crippen molar-refractivity contribution in [2.45, 2.75) is 0 Å². The summed E-state index contributed by atoms with van der Waals surface area (Å²) in [6.45, 7) is 0. The largest absolute Gasteiger partial charge is 0.509 e. The fourth-order valence-electron chi connectivity index (χ4n) is 0.0740. The molecule has 0 aliphatic rings. The van der Waals surface area contributed by atoms with Crippen LogP contribution in [0.25, 0.3) is 0 Å². The highest BCUT2D eigenvalue weighted by Crippen LogP contribution is 1.82. The van der Waals surface area contributed by atoms with Crippen LogP contribution in [0.5, 0.6) is 0 Å². The molecular weight excluding hydrogens is 119 g/mol. The van der Waals surface area contributed by atoms with E-state index >= 15 is 0 Å². The highest BCUT2D eigenvalue weighted by molar-refractivity contribution is 6.17. The Morgan fingerprint density at radius 3 is 3.29 bits per heavy atom. The minimum atomic E-state index is -2.76. The molecule has 4 heteroatoms. The quantitative estimate of drug-likeness (QED) is 0.389. The molecule has 0 heterocycles. The highest BCUT2D eigenvalue weighted by atomic mass is 35.5. The van der Waals surface area contributed by atoms with Crippen LogP contribution in [0.3, 0.4) is 0 Å². The van der Waals surface area contributed by atoms with Gasteiger partial charge >= 0.3 is 6.16 Å². The molecule has 0 atom stereocenters. The third kappa shape index (κ3) is 3.39. The molecule has 7 heavy (non-hydrogen) atoms. The molecule has 0 spiro atoms. The number of alkyl halides is 1. The van der Waals surface area contributed by atoms with Gasteiger partial charge in [0.1, 0.15) is 0 Å². The predicted octanol–water partition coefficient (Wildman–Crippen LogP) is 0.966. The Bertz CT molecular complexity index is 123. The summed E-state index contributed by atoms with van der Waals surface area (Å²) in [4.78, 5) is 10.2. The number of carbonyl (C=O) groups is 1. The van der Waals surface area contributed by atoms with Crippen LogP contribution in [0.15, 0.2) is 0 Å². The van der Waals surface area contributed by atoms with E-state index in [1.807, 2.05) is 0 Å². The summed E-state index contributed by atoms with van der Waals surface area (Å²) in [5, 5.41) is 0. The summed E-state index contributed by atoms with van der Waals surface area (Å²) in [5.74, 6) is 0. The number of carbonyl (C=O) groups excluding carboxylic acids is 1. The van der Waals surface area contributed by atoms with Crippen molar-refractivity contribution >= 4 is 17.8 Å². The van der Waals surface area contributed by atoms with Gasteiger partial charge in [-0.2, -0.15) is 0 Å². The van der Waals surface area contributed by atoms with Crippen LogP contribution in [-0.2, 0) is 9.47 Å². The molecule has 0 N–H and O–H groups in total. The number of rotatable bonds is 1. The van der Waals surface area contributed by atoms with E-state index in [4.69, 9.17) is 15.7 Å². The Morgan fingerprint density at radius 2 is 2.86 bits per heavy atom. The van der Waals surface area contributed by atoms with Crippen molar-refractivity contribution < 1.29 is 18.4 Å². The van der Waals surface area contributed by atoms with E-state index in [0.717, 1.165) is 0 Å². The Labute approximate surface area is 50.4 Å². The average molecular weight is 128 g/mol. The molecular formula is C3H5ClO3. The maximum absolute atomic E-state index is 10.2. The molecule has 42 valence electrons. The average Bonchev–Trinajstić information content (AvgIpc) is 1.59. The van der Waals surface area contributed by atoms with E-state index in [2.05, 4.69) is 9.47 Å². The summed E-state index contributed by atoms with van der Waals surface area (Å²) in [6.07, 6.45) is -1.30. The van der Waals surface area contributed by atoms with E-state index in [1.165, 1.54) is 0 Å². The molecule has 0 fully saturated rings. The number of methoxy groups -OCH3 is 1. The van der Waals surface area contributed by atoms with E-state index in [0.29, 0.717) is 0 Å². The fourth-order valence-corrected chi connectivity index (χ4v) is 0.163. The second kappa shape index (κ2) is 3.74. The number of hydrogen-bond acceptors (Lipinski definition) is 3. The van der Waals surface area contributed by atoms with Crippen molar-refractivity contribution in [1.82, 2.24) is 0 Å². The molecule has 0 aromatic heterocycles. The zero-order valence-electron chi connectivity index (χ0n) is 6.31. The smallest absolute Gasteiger partial charge is 0.438 e. The van der Waals surface area contributed by atoms with Gasteiger partial charge in [-0.15, -0.1) is 0 Å². The Balaban J connectivity index is 3.58. The van der Waals surface area contributed by atoms with E-state index < -0.39 is 19.3 Å². The summed E-state index contributed by atoms with van der Waals surface area (Å²) in [7, 11) is -2.76. The molecule has 0 radical (unpaired) electrons. The highest BCUT2D eigenvalue weighted by Gasteiger charge is 1.93. The summed E-state index contributed by atoms with van der Waals surface area (Å²) in [5.41, 5.74) is 0. The van der Waals surface area contributed by atoms with Gasteiger partial charge in [-0.05, 0) is 0 Å². The van der Waals surface area contributed by atoms with E-state index in [-0.39, 0.29) is 0 Å². The number of halogens is 1. The van der Waals surface area contributed by atoms with Gasteiger partial charge in [0.05, 0.1) is 11.2 Å².